The van der Waals surface area contributed by atoms with Gasteiger partial charge < -0.3 is 29.9 Å². The van der Waals surface area contributed by atoms with Gasteiger partial charge in [0.05, 0.1) is 28.5 Å². The third-order valence-corrected chi connectivity index (χ3v) is 7.71. The van der Waals surface area contributed by atoms with Gasteiger partial charge in [-0.2, -0.15) is 0 Å². The zero-order chi connectivity index (χ0) is 38.8. The summed E-state index contributed by atoms with van der Waals surface area (Å²) in [4.78, 5) is 49.3. The lowest BCUT2D eigenvalue weighted by molar-refractivity contribution is -0.0617. The molecule has 1 fully saturated rings. The Balaban J connectivity index is 0.000000567. The third kappa shape index (κ3) is 12.3. The van der Waals surface area contributed by atoms with E-state index in [1.807, 2.05) is 72.7 Å². The van der Waals surface area contributed by atoms with E-state index in [9.17, 15) is 14.4 Å². The van der Waals surface area contributed by atoms with Crippen LogP contribution < -0.4 is 10.6 Å². The van der Waals surface area contributed by atoms with Crippen LogP contribution in [0.4, 0.5) is 5.82 Å². The van der Waals surface area contributed by atoms with Gasteiger partial charge in [-0.1, -0.05) is 85.9 Å². The van der Waals surface area contributed by atoms with E-state index in [1.165, 1.54) is 6.33 Å². The van der Waals surface area contributed by atoms with Crippen molar-refractivity contribution in [2.45, 2.75) is 86.0 Å². The van der Waals surface area contributed by atoms with Crippen molar-refractivity contribution in [3.63, 3.8) is 0 Å². The van der Waals surface area contributed by atoms with Gasteiger partial charge in [-0.3, -0.25) is 0 Å². The average Bonchev–Trinajstić information content (AvgIpc) is 3.45. The number of benzene rings is 3. The van der Waals surface area contributed by atoms with Gasteiger partial charge in [0.1, 0.15) is 24.6 Å². The van der Waals surface area contributed by atoms with Crippen molar-refractivity contribution in [2.75, 3.05) is 12.3 Å². The molecule has 0 spiro atoms. The van der Waals surface area contributed by atoms with E-state index in [-0.39, 0.29) is 31.0 Å². The fourth-order valence-corrected chi connectivity index (χ4v) is 4.99. The maximum atomic E-state index is 13.1. The first-order valence-corrected chi connectivity index (χ1v) is 17.1. The normalized spacial score (nSPS) is 17.0. The Bertz CT molecular complexity index is 1750. The Morgan fingerprint density at radius 3 is 1.81 bits per heavy atom. The number of hydrogen-bond acceptors (Lipinski definition) is 11. The van der Waals surface area contributed by atoms with Gasteiger partial charge >= 0.3 is 17.9 Å². The Morgan fingerprint density at radius 2 is 1.33 bits per heavy atom. The lowest BCUT2D eigenvalue weighted by Crippen LogP contribution is -2.41. The molecular weight excluding hydrogens is 664 g/mol. The predicted molar refractivity (Wildman–Crippen MR) is 201 cm³/mol. The van der Waals surface area contributed by atoms with Crippen molar-refractivity contribution in [3.8, 4) is 5.75 Å². The highest BCUT2D eigenvalue weighted by atomic mass is 16.6. The SMILES string of the molecule is C=NOc1c(N)ncnc1C[C@@H]1O[C@H](COC(=O)c2ccc(C)cc2)CC1(C)OC(=O)c1ccc(C)cc1.CC.CC.Cc1ccc(C(=O)O)cc1. The Hall–Kier alpha value is -5.62. The Kier molecular flexibility index (Phi) is 17.1. The second-order valence-electron chi connectivity index (χ2n) is 11.6. The van der Waals surface area contributed by atoms with Crippen LogP contribution in [-0.2, 0) is 20.6 Å². The molecule has 1 saturated heterocycles. The topological polar surface area (TPSA) is 173 Å². The predicted octanol–water partition coefficient (Wildman–Crippen LogP) is 7.59. The number of nitrogen functional groups attached to an aromatic ring is 1. The van der Waals surface area contributed by atoms with E-state index in [1.54, 1.807) is 55.5 Å². The number of hydrogen-bond donors (Lipinski definition) is 2. The van der Waals surface area contributed by atoms with E-state index in [2.05, 4.69) is 21.8 Å². The second kappa shape index (κ2) is 20.9. The van der Waals surface area contributed by atoms with Gasteiger partial charge in [0.15, 0.2) is 5.82 Å². The first kappa shape index (κ1) is 42.5. The molecule has 0 bridgehead atoms. The molecule has 0 radical (unpaired) electrons. The van der Waals surface area contributed by atoms with E-state index in [4.69, 9.17) is 29.9 Å². The van der Waals surface area contributed by atoms with Crippen molar-refractivity contribution in [1.82, 2.24) is 9.97 Å². The third-order valence-electron chi connectivity index (χ3n) is 7.71. The van der Waals surface area contributed by atoms with E-state index in [0.717, 1.165) is 16.7 Å². The van der Waals surface area contributed by atoms with Gasteiger partial charge in [0, 0.05) is 19.6 Å². The summed E-state index contributed by atoms with van der Waals surface area (Å²) in [7, 11) is 0. The number of aromatic carboxylic acids is 1. The highest BCUT2D eigenvalue weighted by molar-refractivity contribution is 5.90. The summed E-state index contributed by atoms with van der Waals surface area (Å²) in [6.45, 7) is 18.9. The first-order chi connectivity index (χ1) is 24.9. The summed E-state index contributed by atoms with van der Waals surface area (Å²) in [5, 5.41) is 11.9. The molecule has 4 aromatic rings. The van der Waals surface area contributed by atoms with Crippen LogP contribution in [0.25, 0.3) is 0 Å². The maximum absolute atomic E-state index is 13.1. The van der Waals surface area contributed by atoms with Crippen molar-refractivity contribution in [3.05, 3.63) is 118 Å². The minimum atomic E-state index is -1.08. The van der Waals surface area contributed by atoms with Gasteiger partial charge in [0.2, 0.25) is 5.75 Å². The summed E-state index contributed by atoms with van der Waals surface area (Å²) in [5.74, 6) is -1.61. The van der Waals surface area contributed by atoms with Crippen LogP contribution in [0.3, 0.4) is 0 Å². The molecule has 3 N–H and O–H groups in total. The van der Waals surface area contributed by atoms with Crippen molar-refractivity contribution in [1.29, 1.82) is 0 Å². The van der Waals surface area contributed by atoms with Gasteiger partial charge in [-0.25, -0.2) is 24.4 Å². The van der Waals surface area contributed by atoms with E-state index < -0.39 is 35.7 Å². The molecule has 5 rings (SSSR count). The van der Waals surface area contributed by atoms with Crippen LogP contribution in [0.1, 0.15) is 94.5 Å². The molecule has 278 valence electrons. The van der Waals surface area contributed by atoms with E-state index in [0.29, 0.717) is 22.4 Å². The fraction of sp³-hybridized carbons (Fsp3) is 0.350. The number of rotatable bonds is 10. The summed E-state index contributed by atoms with van der Waals surface area (Å²) >= 11 is 0. The molecule has 0 aliphatic carbocycles. The molecule has 1 aliphatic heterocycles. The monoisotopic (exact) mass is 714 g/mol. The van der Waals surface area contributed by atoms with Crippen molar-refractivity contribution < 1.29 is 38.5 Å². The summed E-state index contributed by atoms with van der Waals surface area (Å²) in [5.41, 5.74) is 9.59. The molecule has 0 saturated carbocycles. The second-order valence-corrected chi connectivity index (χ2v) is 11.6. The number of ether oxygens (including phenoxy) is 3. The molecule has 1 aliphatic rings. The molecule has 3 aromatic carbocycles. The van der Waals surface area contributed by atoms with E-state index >= 15 is 0 Å². The standard InChI is InChI=1S/C28H30N4O6.C8H8O2.2C2H6/c1-17-5-9-19(10-6-17)26(33)35-15-21-14-28(3,37-27(34)20-11-7-18(2)8-12-20)23(36-21)13-22-24(38-30-4)25(29)32-16-31-22;1-6-2-4-7(5-3-6)8(9)10;2*1-2/h5-12,16,21,23H,4,13-15H2,1-3H3,(H2,29,31,32);2-5H,1H3,(H,9,10);2*1-2H3/t21-,23-,28?;;;/m0.../s1. The zero-order valence-electron chi connectivity index (χ0n) is 31.2. The van der Waals surface area contributed by atoms with Gasteiger partial charge in [-0.05, 0) is 64.1 Å². The number of aromatic nitrogens is 2. The summed E-state index contributed by atoms with van der Waals surface area (Å²) in [6, 6.07) is 20.9. The highest BCUT2D eigenvalue weighted by Crippen LogP contribution is 2.38. The number of esters is 2. The lowest BCUT2D eigenvalue weighted by atomic mass is 9.92. The van der Waals surface area contributed by atoms with Crippen LogP contribution in [0.15, 0.2) is 84.3 Å². The fourth-order valence-electron chi connectivity index (χ4n) is 4.99. The number of nitrogens with two attached hydrogens (primary N) is 1. The smallest absolute Gasteiger partial charge is 0.338 e. The number of oxime groups is 1. The van der Waals surface area contributed by atoms with Gasteiger partial charge in [0.25, 0.3) is 0 Å². The molecule has 12 nitrogen and oxygen atoms in total. The molecule has 2 heterocycles. The molecular formula is C40H50N4O8. The maximum Gasteiger partial charge on any atom is 0.338 e. The molecule has 12 heteroatoms. The summed E-state index contributed by atoms with van der Waals surface area (Å²) in [6.07, 6.45) is 0.545. The molecule has 52 heavy (non-hydrogen) atoms. The minimum absolute atomic E-state index is 0.0234. The molecule has 1 aromatic heterocycles. The number of nitrogens with zero attached hydrogens (tertiary/aromatic N) is 3. The lowest BCUT2D eigenvalue weighted by Gasteiger charge is -2.30. The number of aryl methyl sites for hydroxylation is 3. The van der Waals surface area contributed by atoms with Crippen LogP contribution in [0.5, 0.6) is 5.75 Å². The Labute approximate surface area is 306 Å². The van der Waals surface area contributed by atoms with Crippen molar-refractivity contribution in [2.24, 2.45) is 5.16 Å². The zero-order valence-corrected chi connectivity index (χ0v) is 31.2. The van der Waals surface area contributed by atoms with Crippen LogP contribution in [0.2, 0.25) is 0 Å². The first-order valence-electron chi connectivity index (χ1n) is 17.1. The number of anilines is 1. The quantitative estimate of drug-likeness (QED) is 0.0941. The number of carboxylic acids is 1. The van der Waals surface area contributed by atoms with Crippen molar-refractivity contribution >= 4 is 30.4 Å². The molecule has 3 atom stereocenters. The van der Waals surface area contributed by atoms with Gasteiger partial charge in [-0.15, -0.1) is 0 Å². The van der Waals surface area contributed by atoms with Crippen LogP contribution >= 0.6 is 0 Å². The number of carboxylic acid groups (broad SMARTS) is 1. The Morgan fingerprint density at radius 1 is 0.846 bits per heavy atom. The number of carbonyl (C=O) groups excluding carboxylic acids is 2. The van der Waals surface area contributed by atoms with Crippen LogP contribution in [-0.4, -0.2) is 64.1 Å². The van der Waals surface area contributed by atoms with Crippen LogP contribution in [0, 0.1) is 20.8 Å². The minimum Gasteiger partial charge on any atom is -0.478 e. The average molecular weight is 715 g/mol. The number of carbonyl (C=O) groups is 3. The largest absolute Gasteiger partial charge is 0.478 e. The molecule has 1 unspecified atom stereocenters. The molecule has 0 amide bonds. The highest BCUT2D eigenvalue weighted by Gasteiger charge is 2.49. The summed E-state index contributed by atoms with van der Waals surface area (Å²) < 4.78 is 17.8.